The van der Waals surface area contributed by atoms with Gasteiger partial charge in [-0.05, 0) is 23.3 Å². The molecule has 3 aromatic rings. The number of benzene rings is 2. The van der Waals surface area contributed by atoms with Gasteiger partial charge in [0.15, 0.2) is 5.15 Å². The molecule has 0 saturated heterocycles. The molecule has 1 unspecified atom stereocenters. The van der Waals surface area contributed by atoms with E-state index in [0.29, 0.717) is 18.1 Å². The summed E-state index contributed by atoms with van der Waals surface area (Å²) in [4.78, 5) is 32.4. The first-order valence-corrected chi connectivity index (χ1v) is 10.0. The highest BCUT2D eigenvalue weighted by molar-refractivity contribution is 6.30. The van der Waals surface area contributed by atoms with Crippen LogP contribution in [0.25, 0.3) is 0 Å². The molecule has 0 aliphatic heterocycles. The fraction of sp³-hybridized carbons (Fsp3) is 0.217. The normalized spacial score (nSPS) is 14.6. The molecule has 152 valence electrons. The number of Topliss-reactive ketones (excluding diaryl/α,β-unsaturated/α-hetero) is 1. The van der Waals surface area contributed by atoms with E-state index in [1.165, 1.54) is 12.4 Å². The van der Waals surface area contributed by atoms with Gasteiger partial charge < -0.3 is 10.1 Å². The SMILES string of the molecule is O=C1CC(C(=O)NC(c2cccc(OCc3ccccc3)c2)c2nccnc2Cl)C1. The van der Waals surface area contributed by atoms with Gasteiger partial charge in [-0.1, -0.05) is 54.1 Å². The molecule has 0 spiro atoms. The van der Waals surface area contributed by atoms with Gasteiger partial charge in [0.05, 0.1) is 12.0 Å². The standard InChI is InChI=1S/C23H20ClN3O3/c24-22-21(25-9-10-26-22)20(27-23(29)17-11-18(28)12-17)16-7-4-8-19(13-16)30-14-15-5-2-1-3-6-15/h1-10,13,17,20H,11-12,14H2,(H,27,29). The summed E-state index contributed by atoms with van der Waals surface area (Å²) < 4.78 is 5.92. The van der Waals surface area contributed by atoms with Crippen LogP contribution in [0.1, 0.15) is 35.7 Å². The van der Waals surface area contributed by atoms with E-state index in [4.69, 9.17) is 16.3 Å². The lowest BCUT2D eigenvalue weighted by molar-refractivity contribution is -0.138. The zero-order valence-electron chi connectivity index (χ0n) is 16.1. The summed E-state index contributed by atoms with van der Waals surface area (Å²) in [5.74, 6) is 0.250. The Morgan fingerprint density at radius 1 is 1.10 bits per heavy atom. The summed E-state index contributed by atoms with van der Waals surface area (Å²) >= 11 is 6.27. The van der Waals surface area contributed by atoms with E-state index >= 15 is 0 Å². The maximum atomic E-state index is 12.6. The average Bonchev–Trinajstić information content (AvgIpc) is 2.75. The summed E-state index contributed by atoms with van der Waals surface area (Å²) in [5, 5.41) is 3.19. The third-order valence-corrected chi connectivity index (χ3v) is 5.29. The summed E-state index contributed by atoms with van der Waals surface area (Å²) in [6.07, 6.45) is 3.57. The highest BCUT2D eigenvalue weighted by Crippen LogP contribution is 2.30. The number of carbonyl (C=O) groups excluding carboxylic acids is 2. The molecule has 1 atom stereocenters. The van der Waals surface area contributed by atoms with E-state index in [1.807, 2.05) is 54.6 Å². The van der Waals surface area contributed by atoms with Gasteiger partial charge >= 0.3 is 0 Å². The molecule has 6 nitrogen and oxygen atoms in total. The highest BCUT2D eigenvalue weighted by atomic mass is 35.5. The molecule has 30 heavy (non-hydrogen) atoms. The number of halogens is 1. The fourth-order valence-electron chi connectivity index (χ4n) is 3.30. The van der Waals surface area contributed by atoms with Crippen LogP contribution < -0.4 is 10.1 Å². The van der Waals surface area contributed by atoms with Crippen LogP contribution in [-0.4, -0.2) is 21.7 Å². The Morgan fingerprint density at radius 3 is 2.60 bits per heavy atom. The number of ketones is 1. The lowest BCUT2D eigenvalue weighted by Crippen LogP contribution is -2.41. The summed E-state index contributed by atoms with van der Waals surface area (Å²) in [6.45, 7) is 0.428. The Labute approximate surface area is 179 Å². The molecular formula is C23H20ClN3O3. The van der Waals surface area contributed by atoms with E-state index < -0.39 is 6.04 Å². The molecule has 0 bridgehead atoms. The Balaban J connectivity index is 1.57. The van der Waals surface area contributed by atoms with Crippen LogP contribution in [0.4, 0.5) is 0 Å². The number of hydrogen-bond acceptors (Lipinski definition) is 5. The van der Waals surface area contributed by atoms with Gasteiger partial charge in [-0.25, -0.2) is 4.98 Å². The van der Waals surface area contributed by atoms with Crippen molar-refractivity contribution in [2.45, 2.75) is 25.5 Å². The van der Waals surface area contributed by atoms with E-state index in [1.54, 1.807) is 0 Å². The highest BCUT2D eigenvalue weighted by Gasteiger charge is 2.34. The molecule has 7 heteroatoms. The van der Waals surface area contributed by atoms with Crippen LogP contribution in [0.2, 0.25) is 5.15 Å². The predicted octanol–water partition coefficient (Wildman–Crippen LogP) is 3.89. The van der Waals surface area contributed by atoms with Gasteiger partial charge in [-0.2, -0.15) is 0 Å². The minimum atomic E-state index is -0.602. The number of aromatic nitrogens is 2. The largest absolute Gasteiger partial charge is 0.489 e. The molecule has 1 fully saturated rings. The number of rotatable bonds is 7. The summed E-state index contributed by atoms with van der Waals surface area (Å²) in [7, 11) is 0. The molecule has 1 saturated carbocycles. The van der Waals surface area contributed by atoms with Crippen molar-refractivity contribution in [2.24, 2.45) is 5.92 Å². The Morgan fingerprint density at radius 2 is 1.87 bits per heavy atom. The van der Waals surface area contributed by atoms with Crippen molar-refractivity contribution in [1.82, 2.24) is 15.3 Å². The van der Waals surface area contributed by atoms with E-state index in [-0.39, 0.29) is 35.6 Å². The van der Waals surface area contributed by atoms with E-state index in [0.717, 1.165) is 11.1 Å². The second-order valence-corrected chi connectivity index (χ2v) is 7.52. The molecule has 1 amide bonds. The van der Waals surface area contributed by atoms with Crippen molar-refractivity contribution in [3.05, 3.63) is 89.0 Å². The lowest BCUT2D eigenvalue weighted by atomic mass is 9.83. The number of hydrogen-bond donors (Lipinski definition) is 1. The van der Waals surface area contributed by atoms with Gasteiger partial charge in [0, 0.05) is 25.2 Å². The first kappa shape index (κ1) is 20.0. The van der Waals surface area contributed by atoms with Crippen LogP contribution >= 0.6 is 11.6 Å². The zero-order chi connectivity index (χ0) is 20.9. The van der Waals surface area contributed by atoms with Crippen LogP contribution in [0.5, 0.6) is 5.75 Å². The molecule has 1 N–H and O–H groups in total. The predicted molar refractivity (Wildman–Crippen MR) is 112 cm³/mol. The van der Waals surface area contributed by atoms with Crippen molar-refractivity contribution >= 4 is 23.3 Å². The van der Waals surface area contributed by atoms with Gasteiger partial charge in [0.25, 0.3) is 0 Å². The molecule has 2 aromatic carbocycles. The maximum Gasteiger partial charge on any atom is 0.224 e. The van der Waals surface area contributed by atoms with Crippen molar-refractivity contribution in [2.75, 3.05) is 0 Å². The van der Waals surface area contributed by atoms with Crippen molar-refractivity contribution < 1.29 is 14.3 Å². The summed E-state index contributed by atoms with van der Waals surface area (Å²) in [5.41, 5.74) is 2.26. The fourth-order valence-corrected chi connectivity index (χ4v) is 3.51. The van der Waals surface area contributed by atoms with Crippen molar-refractivity contribution in [3.63, 3.8) is 0 Å². The zero-order valence-corrected chi connectivity index (χ0v) is 16.9. The third kappa shape index (κ3) is 4.66. The molecule has 1 aliphatic rings. The first-order valence-electron chi connectivity index (χ1n) is 9.65. The van der Waals surface area contributed by atoms with Crippen LogP contribution in [0.3, 0.4) is 0 Å². The van der Waals surface area contributed by atoms with Crippen LogP contribution in [0, 0.1) is 5.92 Å². The topological polar surface area (TPSA) is 81.2 Å². The Hall–Kier alpha value is -3.25. The molecule has 4 rings (SSSR count). The minimum Gasteiger partial charge on any atom is -0.489 e. The maximum absolute atomic E-state index is 12.6. The van der Waals surface area contributed by atoms with Crippen LogP contribution in [0.15, 0.2) is 67.0 Å². The lowest BCUT2D eigenvalue weighted by Gasteiger charge is -2.27. The number of nitrogens with one attached hydrogen (secondary N) is 1. The van der Waals surface area contributed by atoms with Gasteiger partial charge in [0.2, 0.25) is 5.91 Å². The molecular weight excluding hydrogens is 402 g/mol. The monoisotopic (exact) mass is 421 g/mol. The van der Waals surface area contributed by atoms with Gasteiger partial charge in [0.1, 0.15) is 23.8 Å². The molecule has 1 aliphatic carbocycles. The Kier molecular flexibility index (Phi) is 6.05. The van der Waals surface area contributed by atoms with Gasteiger partial charge in [-0.3, -0.25) is 14.6 Å². The number of nitrogens with zero attached hydrogens (tertiary/aromatic N) is 2. The second-order valence-electron chi connectivity index (χ2n) is 7.16. The Bertz CT molecular complexity index is 1050. The number of ether oxygens (including phenoxy) is 1. The molecule has 1 aromatic heterocycles. The van der Waals surface area contributed by atoms with E-state index in [2.05, 4.69) is 15.3 Å². The third-order valence-electron chi connectivity index (χ3n) is 5.00. The smallest absolute Gasteiger partial charge is 0.224 e. The number of amides is 1. The quantitative estimate of drug-likeness (QED) is 0.625. The number of carbonyl (C=O) groups is 2. The molecule has 1 heterocycles. The average molecular weight is 422 g/mol. The van der Waals surface area contributed by atoms with E-state index in [9.17, 15) is 9.59 Å². The van der Waals surface area contributed by atoms with Crippen molar-refractivity contribution in [1.29, 1.82) is 0 Å². The second kappa shape index (κ2) is 9.05. The van der Waals surface area contributed by atoms with Gasteiger partial charge in [-0.15, -0.1) is 0 Å². The molecule has 0 radical (unpaired) electrons. The first-order chi connectivity index (χ1) is 14.6. The van der Waals surface area contributed by atoms with Crippen molar-refractivity contribution in [3.8, 4) is 5.75 Å². The van der Waals surface area contributed by atoms with Crippen LogP contribution in [-0.2, 0) is 16.2 Å². The summed E-state index contributed by atoms with van der Waals surface area (Å²) in [6, 6.07) is 16.7. The minimum absolute atomic E-state index is 0.0977.